The average molecular weight is 233 g/mol. The molecule has 0 aliphatic carbocycles. The zero-order valence-electron chi connectivity index (χ0n) is 7.93. The van der Waals surface area contributed by atoms with Crippen LogP contribution in [0.15, 0.2) is 12.1 Å². The largest absolute Gasteiger partial charge is 0.483 e. The van der Waals surface area contributed by atoms with Crippen LogP contribution in [-0.4, -0.2) is 11.8 Å². The van der Waals surface area contributed by atoms with Gasteiger partial charge in [0.15, 0.2) is 6.61 Å². The first-order valence-electron chi connectivity index (χ1n) is 4.08. The Kier molecular flexibility index (Phi) is 3.78. The number of carbonyl (C=O) groups excluding carboxylic acids is 1. The molecule has 1 rings (SSSR count). The van der Waals surface area contributed by atoms with E-state index in [1.54, 1.807) is 6.07 Å². The molecule has 0 heterocycles. The number of rotatable bonds is 3. The van der Waals surface area contributed by atoms with Gasteiger partial charge in [-0.3, -0.25) is 4.79 Å². The molecule has 0 spiro atoms. The summed E-state index contributed by atoms with van der Waals surface area (Å²) in [6.07, 6.45) is 0. The first-order chi connectivity index (χ1) is 6.50. The number of hydrogen-bond acceptors (Lipinski definition) is 2. The Balaban J connectivity index is 2.91. The average Bonchev–Trinajstić information content (AvgIpc) is 2.01. The van der Waals surface area contributed by atoms with Crippen LogP contribution in [0.5, 0.6) is 5.75 Å². The van der Waals surface area contributed by atoms with E-state index in [0.717, 1.165) is 11.1 Å². The molecule has 0 aliphatic heterocycles. The third kappa shape index (κ3) is 2.89. The molecule has 76 valence electrons. The van der Waals surface area contributed by atoms with Crippen molar-refractivity contribution < 1.29 is 9.53 Å². The second kappa shape index (κ2) is 4.67. The van der Waals surface area contributed by atoms with E-state index >= 15 is 0 Å². The van der Waals surface area contributed by atoms with Crippen molar-refractivity contribution in [2.75, 3.05) is 6.61 Å². The summed E-state index contributed by atoms with van der Waals surface area (Å²) in [5, 5.41) is -0.0403. The second-order valence-corrected chi connectivity index (χ2v) is 3.87. The monoisotopic (exact) mass is 232 g/mol. The summed E-state index contributed by atoms with van der Waals surface area (Å²) in [7, 11) is 0. The standard InChI is InChI=1S/C10H10Cl2O2/c1-6-3-7(2)10(8(11)4-6)14-5-9(12)13/h3-4H,5H2,1-2H3. The molecule has 1 aromatic carbocycles. The lowest BCUT2D eigenvalue weighted by Crippen LogP contribution is -2.05. The fourth-order valence-electron chi connectivity index (χ4n) is 1.21. The van der Waals surface area contributed by atoms with Crippen molar-refractivity contribution in [2.24, 2.45) is 0 Å². The van der Waals surface area contributed by atoms with Crippen LogP contribution in [0.3, 0.4) is 0 Å². The van der Waals surface area contributed by atoms with E-state index in [2.05, 4.69) is 0 Å². The molecule has 0 saturated carbocycles. The summed E-state index contributed by atoms with van der Waals surface area (Å²) in [4.78, 5) is 10.5. The molecule has 14 heavy (non-hydrogen) atoms. The van der Waals surface area contributed by atoms with Crippen LogP contribution in [0.1, 0.15) is 11.1 Å². The van der Waals surface area contributed by atoms with Gasteiger partial charge in [0.2, 0.25) is 0 Å². The molecule has 2 nitrogen and oxygen atoms in total. The molecule has 0 bridgehead atoms. The second-order valence-electron chi connectivity index (χ2n) is 3.04. The maximum absolute atomic E-state index is 10.5. The summed E-state index contributed by atoms with van der Waals surface area (Å²) < 4.78 is 5.17. The molecule has 0 aliphatic rings. The lowest BCUT2D eigenvalue weighted by Gasteiger charge is -2.09. The zero-order valence-corrected chi connectivity index (χ0v) is 9.45. The highest BCUT2D eigenvalue weighted by Crippen LogP contribution is 2.29. The van der Waals surface area contributed by atoms with Crippen LogP contribution in [0.2, 0.25) is 5.02 Å². The molecular formula is C10H10Cl2O2. The number of aryl methyl sites for hydroxylation is 2. The van der Waals surface area contributed by atoms with Gasteiger partial charge in [-0.25, -0.2) is 0 Å². The van der Waals surface area contributed by atoms with Crippen molar-refractivity contribution in [1.82, 2.24) is 0 Å². The van der Waals surface area contributed by atoms with Crippen LogP contribution in [0, 0.1) is 13.8 Å². The number of ether oxygens (including phenoxy) is 1. The summed E-state index contributed by atoms with van der Waals surface area (Å²) in [5.41, 5.74) is 1.95. The van der Waals surface area contributed by atoms with E-state index in [0.29, 0.717) is 10.8 Å². The third-order valence-corrected chi connectivity index (χ3v) is 2.09. The first kappa shape index (κ1) is 11.3. The zero-order chi connectivity index (χ0) is 10.7. The highest BCUT2D eigenvalue weighted by atomic mass is 35.5. The minimum atomic E-state index is -0.541. The quantitative estimate of drug-likeness (QED) is 0.750. The smallest absolute Gasteiger partial charge is 0.259 e. The van der Waals surface area contributed by atoms with Gasteiger partial charge in [-0.2, -0.15) is 0 Å². The van der Waals surface area contributed by atoms with Gasteiger partial charge in [-0.15, -0.1) is 0 Å². The molecule has 0 atom stereocenters. The van der Waals surface area contributed by atoms with Crippen LogP contribution in [0.25, 0.3) is 0 Å². The SMILES string of the molecule is Cc1cc(C)c(OCC(=O)Cl)c(Cl)c1. The first-order valence-corrected chi connectivity index (χ1v) is 4.84. The molecule has 0 N–H and O–H groups in total. The van der Waals surface area contributed by atoms with Crippen molar-refractivity contribution >= 4 is 28.4 Å². The lowest BCUT2D eigenvalue weighted by molar-refractivity contribution is -0.113. The van der Waals surface area contributed by atoms with Gasteiger partial charge in [-0.1, -0.05) is 17.7 Å². The van der Waals surface area contributed by atoms with E-state index in [9.17, 15) is 4.79 Å². The topological polar surface area (TPSA) is 26.3 Å². The molecule has 1 aromatic rings. The Labute approximate surface area is 92.8 Å². The maximum atomic E-state index is 10.5. The van der Waals surface area contributed by atoms with E-state index < -0.39 is 5.24 Å². The highest BCUT2D eigenvalue weighted by molar-refractivity contribution is 6.63. The molecule has 4 heteroatoms. The minimum absolute atomic E-state index is 0.162. The van der Waals surface area contributed by atoms with Gasteiger partial charge in [0.25, 0.3) is 5.24 Å². The van der Waals surface area contributed by atoms with Gasteiger partial charge in [-0.05, 0) is 42.6 Å². The molecular weight excluding hydrogens is 223 g/mol. The van der Waals surface area contributed by atoms with Gasteiger partial charge in [0.1, 0.15) is 5.75 Å². The molecule has 0 aromatic heterocycles. The minimum Gasteiger partial charge on any atom is -0.483 e. The van der Waals surface area contributed by atoms with Gasteiger partial charge < -0.3 is 4.74 Å². The van der Waals surface area contributed by atoms with Gasteiger partial charge in [0.05, 0.1) is 5.02 Å². The Hall–Kier alpha value is -0.730. The molecule has 0 radical (unpaired) electrons. The van der Waals surface area contributed by atoms with Crippen molar-refractivity contribution in [3.63, 3.8) is 0 Å². The van der Waals surface area contributed by atoms with Crippen molar-refractivity contribution in [3.05, 3.63) is 28.3 Å². The van der Waals surface area contributed by atoms with Crippen LogP contribution in [-0.2, 0) is 4.79 Å². The number of carbonyl (C=O) groups is 1. The Morgan fingerprint density at radius 3 is 2.57 bits per heavy atom. The fourth-order valence-corrected chi connectivity index (χ4v) is 1.64. The van der Waals surface area contributed by atoms with Crippen LogP contribution < -0.4 is 4.74 Å². The lowest BCUT2D eigenvalue weighted by atomic mass is 10.1. The van der Waals surface area contributed by atoms with Crippen LogP contribution >= 0.6 is 23.2 Å². The maximum Gasteiger partial charge on any atom is 0.259 e. The molecule has 0 amide bonds. The number of halogens is 2. The van der Waals surface area contributed by atoms with Gasteiger partial charge >= 0.3 is 0 Å². The Bertz CT molecular complexity index is 338. The Morgan fingerprint density at radius 1 is 1.43 bits per heavy atom. The number of benzene rings is 1. The molecule has 0 fully saturated rings. The predicted octanol–water partition coefficient (Wildman–Crippen LogP) is 3.10. The van der Waals surface area contributed by atoms with Crippen molar-refractivity contribution in [1.29, 1.82) is 0 Å². The van der Waals surface area contributed by atoms with Gasteiger partial charge in [0, 0.05) is 0 Å². The fraction of sp³-hybridized carbons (Fsp3) is 0.300. The molecule has 0 saturated heterocycles. The van der Waals surface area contributed by atoms with Crippen molar-refractivity contribution in [3.8, 4) is 5.75 Å². The predicted molar refractivity (Wildman–Crippen MR) is 57.3 cm³/mol. The molecule has 0 unspecified atom stereocenters. The van der Waals surface area contributed by atoms with E-state index in [1.165, 1.54) is 0 Å². The normalized spacial score (nSPS) is 10.0. The van der Waals surface area contributed by atoms with E-state index in [1.807, 2.05) is 19.9 Å². The van der Waals surface area contributed by atoms with E-state index in [-0.39, 0.29) is 6.61 Å². The summed E-state index contributed by atoms with van der Waals surface area (Å²) in [6, 6.07) is 3.71. The van der Waals surface area contributed by atoms with E-state index in [4.69, 9.17) is 27.9 Å². The Morgan fingerprint density at radius 2 is 2.07 bits per heavy atom. The third-order valence-electron chi connectivity index (χ3n) is 1.70. The summed E-state index contributed by atoms with van der Waals surface area (Å²) >= 11 is 11.1. The number of hydrogen-bond donors (Lipinski definition) is 0. The van der Waals surface area contributed by atoms with Crippen LogP contribution in [0.4, 0.5) is 0 Å². The summed E-state index contributed by atoms with van der Waals surface area (Å²) in [5.74, 6) is 0.520. The highest BCUT2D eigenvalue weighted by Gasteiger charge is 2.07. The summed E-state index contributed by atoms with van der Waals surface area (Å²) in [6.45, 7) is 3.65. The van der Waals surface area contributed by atoms with Crippen molar-refractivity contribution in [2.45, 2.75) is 13.8 Å².